The van der Waals surface area contributed by atoms with Crippen LogP contribution in [0.4, 0.5) is 0 Å². The molecule has 2 rings (SSSR count). The lowest BCUT2D eigenvalue weighted by Gasteiger charge is -2.11. The standard InChI is InChI=1S/C14H18N4O/c1-10-5-3-4-6-11(10)7-16-14(19)13(15)12-8-17-18(2)9-12/h3-6,8-9,13H,7,15H2,1-2H3,(H,16,19). The molecule has 0 fully saturated rings. The zero-order valence-electron chi connectivity index (χ0n) is 11.1. The first-order valence-electron chi connectivity index (χ1n) is 6.14. The smallest absolute Gasteiger partial charge is 0.241 e. The lowest BCUT2D eigenvalue weighted by atomic mass is 10.1. The Morgan fingerprint density at radius 3 is 2.84 bits per heavy atom. The van der Waals surface area contributed by atoms with Gasteiger partial charge in [-0.05, 0) is 18.1 Å². The van der Waals surface area contributed by atoms with Crippen LogP contribution in [0.1, 0.15) is 22.7 Å². The van der Waals surface area contributed by atoms with E-state index in [-0.39, 0.29) is 5.91 Å². The molecule has 100 valence electrons. The molecular weight excluding hydrogens is 240 g/mol. The maximum Gasteiger partial charge on any atom is 0.241 e. The van der Waals surface area contributed by atoms with Crippen LogP contribution in [0.3, 0.4) is 0 Å². The lowest BCUT2D eigenvalue weighted by Crippen LogP contribution is -2.33. The van der Waals surface area contributed by atoms with Crippen molar-refractivity contribution in [3.8, 4) is 0 Å². The second-order valence-corrected chi connectivity index (χ2v) is 4.57. The van der Waals surface area contributed by atoms with Crippen LogP contribution in [-0.2, 0) is 18.4 Å². The summed E-state index contributed by atoms with van der Waals surface area (Å²) >= 11 is 0. The van der Waals surface area contributed by atoms with E-state index in [2.05, 4.69) is 10.4 Å². The van der Waals surface area contributed by atoms with Gasteiger partial charge in [0, 0.05) is 25.4 Å². The summed E-state index contributed by atoms with van der Waals surface area (Å²) in [6.07, 6.45) is 3.36. The van der Waals surface area contributed by atoms with Crippen molar-refractivity contribution in [3.05, 3.63) is 53.3 Å². The molecule has 0 saturated carbocycles. The predicted octanol–water partition coefficient (Wildman–Crippen LogP) is 1.04. The van der Waals surface area contributed by atoms with E-state index in [4.69, 9.17) is 5.73 Å². The van der Waals surface area contributed by atoms with Crippen LogP contribution in [0.25, 0.3) is 0 Å². The van der Waals surface area contributed by atoms with Gasteiger partial charge in [0.25, 0.3) is 0 Å². The molecule has 3 N–H and O–H groups in total. The molecule has 1 atom stereocenters. The maximum absolute atomic E-state index is 12.0. The quantitative estimate of drug-likeness (QED) is 0.860. The Hall–Kier alpha value is -2.14. The summed E-state index contributed by atoms with van der Waals surface area (Å²) in [5, 5.41) is 6.86. The molecular formula is C14H18N4O. The predicted molar refractivity (Wildman–Crippen MR) is 73.2 cm³/mol. The van der Waals surface area contributed by atoms with Gasteiger partial charge < -0.3 is 11.1 Å². The topological polar surface area (TPSA) is 72.9 Å². The molecule has 0 radical (unpaired) electrons. The summed E-state index contributed by atoms with van der Waals surface area (Å²) in [5.74, 6) is -0.198. The van der Waals surface area contributed by atoms with Gasteiger partial charge in [0.1, 0.15) is 6.04 Å². The minimum absolute atomic E-state index is 0.198. The molecule has 1 amide bonds. The maximum atomic E-state index is 12.0. The number of rotatable bonds is 4. The molecule has 1 aromatic carbocycles. The molecule has 0 bridgehead atoms. The number of nitrogens with zero attached hydrogens (tertiary/aromatic N) is 2. The molecule has 5 nitrogen and oxygen atoms in total. The third kappa shape index (κ3) is 3.20. The number of aromatic nitrogens is 2. The van der Waals surface area contributed by atoms with Gasteiger partial charge in [0.05, 0.1) is 6.20 Å². The van der Waals surface area contributed by atoms with E-state index in [1.807, 2.05) is 31.2 Å². The lowest BCUT2D eigenvalue weighted by molar-refractivity contribution is -0.122. The van der Waals surface area contributed by atoms with Crippen molar-refractivity contribution in [2.45, 2.75) is 19.5 Å². The average Bonchev–Trinajstić information content (AvgIpc) is 2.83. The first-order chi connectivity index (χ1) is 9.08. The van der Waals surface area contributed by atoms with Gasteiger partial charge >= 0.3 is 0 Å². The largest absolute Gasteiger partial charge is 0.350 e. The number of aryl methyl sites for hydroxylation is 2. The van der Waals surface area contributed by atoms with Crippen molar-refractivity contribution in [3.63, 3.8) is 0 Å². The molecule has 0 aliphatic heterocycles. The summed E-state index contributed by atoms with van der Waals surface area (Å²) in [7, 11) is 1.79. The number of nitrogens with one attached hydrogen (secondary N) is 1. The zero-order valence-corrected chi connectivity index (χ0v) is 11.1. The molecule has 5 heteroatoms. The third-order valence-electron chi connectivity index (χ3n) is 3.08. The van der Waals surface area contributed by atoms with E-state index in [0.29, 0.717) is 12.1 Å². The van der Waals surface area contributed by atoms with E-state index < -0.39 is 6.04 Å². The summed E-state index contributed by atoms with van der Waals surface area (Å²) in [6, 6.07) is 7.25. The molecule has 0 saturated heterocycles. The van der Waals surface area contributed by atoms with Crippen LogP contribution in [0, 0.1) is 6.92 Å². The second kappa shape index (κ2) is 5.67. The Morgan fingerprint density at radius 1 is 1.47 bits per heavy atom. The van der Waals surface area contributed by atoms with Gasteiger partial charge in [-0.15, -0.1) is 0 Å². The van der Waals surface area contributed by atoms with Crippen molar-refractivity contribution >= 4 is 5.91 Å². The Labute approximate surface area is 112 Å². The zero-order chi connectivity index (χ0) is 13.8. The van der Waals surface area contributed by atoms with Crippen molar-refractivity contribution in [1.29, 1.82) is 0 Å². The van der Waals surface area contributed by atoms with Gasteiger partial charge in [0.15, 0.2) is 0 Å². The molecule has 1 heterocycles. The van der Waals surface area contributed by atoms with Gasteiger partial charge in [-0.25, -0.2) is 0 Å². The van der Waals surface area contributed by atoms with Crippen molar-refractivity contribution in [1.82, 2.24) is 15.1 Å². The average molecular weight is 258 g/mol. The SMILES string of the molecule is Cc1ccccc1CNC(=O)C(N)c1cnn(C)c1. The van der Waals surface area contributed by atoms with E-state index in [9.17, 15) is 4.79 Å². The molecule has 0 spiro atoms. The fraction of sp³-hybridized carbons (Fsp3) is 0.286. The number of hydrogen-bond donors (Lipinski definition) is 2. The van der Waals surface area contributed by atoms with Crippen LogP contribution in [0.2, 0.25) is 0 Å². The highest BCUT2D eigenvalue weighted by molar-refractivity contribution is 5.82. The van der Waals surface area contributed by atoms with Crippen LogP contribution in [0.5, 0.6) is 0 Å². The number of amides is 1. The number of carbonyl (C=O) groups is 1. The summed E-state index contributed by atoms with van der Waals surface area (Å²) in [5.41, 5.74) is 8.84. The molecule has 1 aromatic heterocycles. The summed E-state index contributed by atoms with van der Waals surface area (Å²) in [6.45, 7) is 2.50. The van der Waals surface area contributed by atoms with Crippen molar-refractivity contribution in [2.24, 2.45) is 12.8 Å². The first-order valence-corrected chi connectivity index (χ1v) is 6.14. The van der Waals surface area contributed by atoms with Gasteiger partial charge in [-0.1, -0.05) is 24.3 Å². The first kappa shape index (κ1) is 13.3. The third-order valence-corrected chi connectivity index (χ3v) is 3.08. The number of nitrogens with two attached hydrogens (primary N) is 1. The highest BCUT2D eigenvalue weighted by Crippen LogP contribution is 2.10. The van der Waals surface area contributed by atoms with Gasteiger partial charge in [-0.3, -0.25) is 9.48 Å². The summed E-state index contributed by atoms with van der Waals surface area (Å²) in [4.78, 5) is 12.0. The fourth-order valence-corrected chi connectivity index (χ4v) is 1.85. The molecule has 19 heavy (non-hydrogen) atoms. The van der Waals surface area contributed by atoms with E-state index in [1.54, 1.807) is 24.1 Å². The van der Waals surface area contributed by atoms with Crippen LogP contribution < -0.4 is 11.1 Å². The van der Waals surface area contributed by atoms with Crippen LogP contribution in [0.15, 0.2) is 36.7 Å². The Balaban J connectivity index is 1.96. The van der Waals surface area contributed by atoms with Gasteiger partial charge in [-0.2, -0.15) is 5.10 Å². The number of carbonyl (C=O) groups excluding carboxylic acids is 1. The fourth-order valence-electron chi connectivity index (χ4n) is 1.85. The Kier molecular flexibility index (Phi) is 3.97. The highest BCUT2D eigenvalue weighted by atomic mass is 16.2. The van der Waals surface area contributed by atoms with E-state index in [0.717, 1.165) is 11.1 Å². The van der Waals surface area contributed by atoms with Crippen LogP contribution in [-0.4, -0.2) is 15.7 Å². The Morgan fingerprint density at radius 2 is 2.21 bits per heavy atom. The molecule has 0 aliphatic rings. The Bertz CT molecular complexity index is 576. The van der Waals surface area contributed by atoms with Gasteiger partial charge in [0.2, 0.25) is 5.91 Å². The normalized spacial score (nSPS) is 12.2. The number of hydrogen-bond acceptors (Lipinski definition) is 3. The minimum atomic E-state index is -0.683. The van der Waals surface area contributed by atoms with E-state index in [1.165, 1.54) is 0 Å². The van der Waals surface area contributed by atoms with E-state index >= 15 is 0 Å². The monoisotopic (exact) mass is 258 g/mol. The number of benzene rings is 1. The van der Waals surface area contributed by atoms with Crippen molar-refractivity contribution < 1.29 is 4.79 Å². The molecule has 2 aromatic rings. The highest BCUT2D eigenvalue weighted by Gasteiger charge is 2.16. The molecule has 0 aliphatic carbocycles. The summed E-state index contributed by atoms with van der Waals surface area (Å²) < 4.78 is 1.63. The van der Waals surface area contributed by atoms with Crippen LogP contribution >= 0.6 is 0 Å². The molecule has 1 unspecified atom stereocenters. The van der Waals surface area contributed by atoms with Crippen molar-refractivity contribution in [2.75, 3.05) is 0 Å². The second-order valence-electron chi connectivity index (χ2n) is 4.57. The minimum Gasteiger partial charge on any atom is -0.350 e.